The summed E-state index contributed by atoms with van der Waals surface area (Å²) >= 11 is 0. The number of benzene rings is 2. The summed E-state index contributed by atoms with van der Waals surface area (Å²) in [6.07, 6.45) is 10.5. The second-order valence-electron chi connectivity index (χ2n) is 16.8. The highest BCUT2D eigenvalue weighted by Crippen LogP contribution is 2.49. The van der Waals surface area contributed by atoms with Crippen LogP contribution in [-0.2, 0) is 20.5 Å². The summed E-state index contributed by atoms with van der Waals surface area (Å²) in [5.74, 6) is 0.397. The van der Waals surface area contributed by atoms with E-state index in [9.17, 15) is 25.3 Å². The second kappa shape index (κ2) is 16.6. The van der Waals surface area contributed by atoms with Gasteiger partial charge >= 0.3 is 5.09 Å². The molecule has 284 valence electrons. The molecule has 4 atom stereocenters. The van der Waals surface area contributed by atoms with E-state index in [1.54, 1.807) is 24.3 Å². The van der Waals surface area contributed by atoms with E-state index in [0.717, 1.165) is 48.0 Å². The van der Waals surface area contributed by atoms with Gasteiger partial charge in [0.05, 0.1) is 0 Å². The molecule has 52 heavy (non-hydrogen) atoms. The number of allylic oxidation sites excluding steroid dienone is 6. The first-order chi connectivity index (χ1) is 24.3. The van der Waals surface area contributed by atoms with Crippen LogP contribution in [0.5, 0.6) is 23.0 Å². The maximum absolute atomic E-state index is 12.3. The fourth-order valence-electron chi connectivity index (χ4n) is 8.16. The average molecular weight is 717 g/mol. The Morgan fingerprint density at radius 3 is 1.33 bits per heavy atom. The van der Waals surface area contributed by atoms with Gasteiger partial charge in [0.25, 0.3) is 0 Å². The zero-order chi connectivity index (χ0) is 38.5. The molecule has 0 aromatic heterocycles. The van der Waals surface area contributed by atoms with E-state index < -0.39 is 10.8 Å². The van der Waals surface area contributed by atoms with E-state index in [-0.39, 0.29) is 65.0 Å². The van der Waals surface area contributed by atoms with E-state index in [1.165, 1.54) is 11.1 Å². The highest BCUT2D eigenvalue weighted by Gasteiger charge is 2.34. The van der Waals surface area contributed by atoms with Crippen LogP contribution < -0.4 is 0 Å². The van der Waals surface area contributed by atoms with E-state index in [1.807, 2.05) is 41.5 Å². The molecule has 0 fully saturated rings. The van der Waals surface area contributed by atoms with Crippen LogP contribution in [-0.4, -0.2) is 38.7 Å². The Morgan fingerprint density at radius 1 is 0.692 bits per heavy atom. The van der Waals surface area contributed by atoms with Gasteiger partial charge in [0, 0.05) is 23.0 Å². The third-order valence-electron chi connectivity index (χ3n) is 11.5. The topological polar surface area (TPSA) is 119 Å². The maximum atomic E-state index is 12.3. The molecule has 2 aromatic rings. The predicted octanol–water partition coefficient (Wildman–Crippen LogP) is 11.0. The highest BCUT2D eigenvalue weighted by molar-refractivity contribution is 5.54. The van der Waals surface area contributed by atoms with Crippen LogP contribution in [0.1, 0.15) is 141 Å². The average Bonchev–Trinajstić information content (AvgIpc) is 3.04. The lowest BCUT2D eigenvalue weighted by Crippen LogP contribution is -2.21. The van der Waals surface area contributed by atoms with Gasteiger partial charge in [-0.1, -0.05) is 75.3 Å². The van der Waals surface area contributed by atoms with Gasteiger partial charge in [0.2, 0.25) is 0 Å². The zero-order valence-electron chi connectivity index (χ0n) is 32.7. The molecule has 0 amide bonds. The number of aromatic hydroxyl groups is 4. The summed E-state index contributed by atoms with van der Waals surface area (Å²) in [7, 11) is 0. The Labute approximate surface area is 311 Å². The normalized spacial score (nSPS) is 20.8. The van der Waals surface area contributed by atoms with E-state index in [0.29, 0.717) is 36.8 Å². The molecule has 0 saturated carbocycles. The molecule has 0 aliphatic heterocycles. The largest absolute Gasteiger partial charge is 0.507 e. The molecule has 4 N–H and O–H groups in total. The molecule has 2 aromatic carbocycles. The highest BCUT2D eigenvalue weighted by atomic mass is 17.0. The van der Waals surface area contributed by atoms with Gasteiger partial charge in [-0.25, -0.2) is 0 Å². The number of phenols is 4. The van der Waals surface area contributed by atoms with Gasteiger partial charge in [0.1, 0.15) is 27.9 Å². The van der Waals surface area contributed by atoms with Crippen molar-refractivity contribution in [3.8, 4) is 23.0 Å². The van der Waals surface area contributed by atoms with E-state index >= 15 is 0 Å². The number of nitrogens with zero attached hydrogens (tertiary/aromatic N) is 1. The first kappa shape index (κ1) is 40.6. The fourth-order valence-corrected chi connectivity index (χ4v) is 8.16. The summed E-state index contributed by atoms with van der Waals surface area (Å²) in [4.78, 5) is 22.9. The minimum Gasteiger partial charge on any atom is -0.507 e. The van der Waals surface area contributed by atoms with Crippen LogP contribution in [0.25, 0.3) is 0 Å². The van der Waals surface area contributed by atoms with Crippen molar-refractivity contribution in [3.63, 3.8) is 0 Å². The quantitative estimate of drug-likeness (QED) is 0.0775. The molecule has 0 heterocycles. The van der Waals surface area contributed by atoms with Crippen molar-refractivity contribution in [3.05, 3.63) is 99.0 Å². The molecule has 0 unspecified atom stereocenters. The lowest BCUT2D eigenvalue weighted by atomic mass is 9.72. The lowest BCUT2D eigenvalue weighted by molar-refractivity contribution is -0.981. The Bertz CT molecular complexity index is 1550. The Morgan fingerprint density at radius 2 is 1.02 bits per heavy atom. The minimum atomic E-state index is -0.400. The molecule has 0 radical (unpaired) electrons. The predicted molar refractivity (Wildman–Crippen MR) is 208 cm³/mol. The summed E-state index contributed by atoms with van der Waals surface area (Å²) < 4.78 is 0. The molecule has 0 spiro atoms. The monoisotopic (exact) mass is 716 g/mol. The summed E-state index contributed by atoms with van der Waals surface area (Å²) in [6, 6.07) is 6.99. The number of phenolic OH excluding ortho intramolecular Hbond substituents is 4. The first-order valence-corrected chi connectivity index (χ1v) is 18.8. The lowest BCUT2D eigenvalue weighted by Gasteiger charge is -2.32. The van der Waals surface area contributed by atoms with Crippen molar-refractivity contribution in [1.29, 1.82) is 0 Å². The third-order valence-corrected chi connectivity index (χ3v) is 11.5. The van der Waals surface area contributed by atoms with E-state index in [2.05, 4.69) is 39.2 Å². The Hall–Kier alpha value is -4.20. The molecular formula is C44H62NO7+. The molecule has 0 bridgehead atoms. The van der Waals surface area contributed by atoms with Crippen LogP contribution >= 0.6 is 0 Å². The molecule has 8 heteroatoms. The van der Waals surface area contributed by atoms with Crippen LogP contribution in [0.2, 0.25) is 0 Å². The standard InChI is InChI=1S/C44H61NO7/c1-27(2)33-15-13-29(5)21-35(33)41-37(46)23-31(24-38(41)47)43(7,8)17-11-19-51-45(50)52-20-12-18-44(9,10)32-25-39(48)42(40(49)26-32)36-22-30(6)14-16-34(36)28(3)4/h21-26,33-36H,1,3,11-20H2,2,4-10H3,(H3-,46,47,48,49)/p+1/t33-,34-,35+,36+/m0/s1. The van der Waals surface area contributed by atoms with Crippen LogP contribution in [0.15, 0.2) is 71.9 Å². The summed E-state index contributed by atoms with van der Waals surface area (Å²) in [5, 5.41) is 44.6. The van der Waals surface area contributed by atoms with Gasteiger partial charge < -0.3 is 20.4 Å². The van der Waals surface area contributed by atoms with Crippen LogP contribution in [0.3, 0.4) is 0 Å². The third kappa shape index (κ3) is 9.61. The van der Waals surface area contributed by atoms with Crippen molar-refractivity contribution >= 4 is 0 Å². The number of rotatable bonds is 16. The van der Waals surface area contributed by atoms with Gasteiger partial charge in [-0.2, -0.15) is 9.68 Å². The van der Waals surface area contributed by atoms with Gasteiger partial charge in [-0.15, -0.1) is 0 Å². The van der Waals surface area contributed by atoms with Crippen molar-refractivity contribution in [2.75, 3.05) is 13.2 Å². The summed E-state index contributed by atoms with van der Waals surface area (Å²) in [5.41, 5.74) is 6.48. The second-order valence-corrected chi connectivity index (χ2v) is 16.8. The number of hydrogen-bond acceptors (Lipinski definition) is 7. The first-order valence-electron chi connectivity index (χ1n) is 18.8. The molecular weight excluding hydrogens is 654 g/mol. The SMILES string of the molecule is C=C(C)[C@@H]1CCC(C)=C[C@H]1c1c(O)cc(C(C)(C)CCCO[N+](=O)OCCCC(C)(C)c2cc(O)c([C@@H]3C=C(C)CC[C@H]3C(=C)C)c(O)c2)cc1O. The van der Waals surface area contributed by atoms with Crippen LogP contribution in [0, 0.1) is 16.7 Å². The maximum Gasteiger partial charge on any atom is 0.477 e. The van der Waals surface area contributed by atoms with Crippen molar-refractivity contribution in [2.45, 2.75) is 129 Å². The van der Waals surface area contributed by atoms with Crippen LogP contribution in [0.4, 0.5) is 0 Å². The van der Waals surface area contributed by atoms with Crippen molar-refractivity contribution in [1.82, 2.24) is 0 Å². The van der Waals surface area contributed by atoms with Gasteiger partial charge in [-0.3, -0.25) is 0 Å². The smallest absolute Gasteiger partial charge is 0.477 e. The molecule has 2 aliphatic rings. The Kier molecular flexibility index (Phi) is 13.0. The Balaban J connectivity index is 1.26. The minimum absolute atomic E-state index is 0.0816. The zero-order valence-corrected chi connectivity index (χ0v) is 32.7. The van der Waals surface area contributed by atoms with Gasteiger partial charge in [-0.05, 0) is 137 Å². The number of hydrogen-bond donors (Lipinski definition) is 4. The van der Waals surface area contributed by atoms with Crippen molar-refractivity contribution in [2.24, 2.45) is 11.8 Å². The summed E-state index contributed by atoms with van der Waals surface area (Å²) in [6.45, 7) is 24.9. The molecule has 8 nitrogen and oxygen atoms in total. The van der Waals surface area contributed by atoms with Crippen molar-refractivity contribution < 1.29 is 35.2 Å². The van der Waals surface area contributed by atoms with E-state index in [4.69, 9.17) is 9.68 Å². The molecule has 4 rings (SSSR count). The molecule has 2 aliphatic carbocycles. The fraction of sp³-hybridized carbons (Fsp3) is 0.545. The van der Waals surface area contributed by atoms with Gasteiger partial charge in [0.15, 0.2) is 13.2 Å². The molecule has 0 saturated heterocycles.